The van der Waals surface area contributed by atoms with E-state index in [1.54, 1.807) is 18.2 Å². The van der Waals surface area contributed by atoms with Crippen LogP contribution in [0, 0.1) is 0 Å². The van der Waals surface area contributed by atoms with Crippen molar-refractivity contribution in [1.29, 1.82) is 0 Å². The summed E-state index contributed by atoms with van der Waals surface area (Å²) in [5, 5.41) is 0. The van der Waals surface area contributed by atoms with Gasteiger partial charge in [0, 0.05) is 6.42 Å². The van der Waals surface area contributed by atoms with E-state index in [-0.39, 0.29) is 12.7 Å². The van der Waals surface area contributed by atoms with E-state index >= 15 is 0 Å². The SMILES string of the molecule is CC(=O)[C@@H]1Oc2ccccc2O[C@@H](C)CCOC1=O. The van der Waals surface area contributed by atoms with Gasteiger partial charge in [-0.3, -0.25) is 4.79 Å². The van der Waals surface area contributed by atoms with E-state index in [0.717, 1.165) is 0 Å². The summed E-state index contributed by atoms with van der Waals surface area (Å²) in [4.78, 5) is 23.3. The van der Waals surface area contributed by atoms with Crippen molar-refractivity contribution in [1.82, 2.24) is 0 Å². The maximum absolute atomic E-state index is 11.8. The molecule has 102 valence electrons. The highest BCUT2D eigenvalue weighted by atomic mass is 16.6. The Balaban J connectivity index is 2.33. The molecule has 0 spiro atoms. The second-order valence-corrected chi connectivity index (χ2v) is 4.44. The number of fused-ring (bicyclic) bond motifs is 1. The number of cyclic esters (lactones) is 1. The zero-order valence-corrected chi connectivity index (χ0v) is 10.9. The quantitative estimate of drug-likeness (QED) is 0.571. The maximum Gasteiger partial charge on any atom is 0.355 e. The van der Waals surface area contributed by atoms with Gasteiger partial charge in [-0.05, 0) is 26.0 Å². The number of ether oxygens (including phenoxy) is 3. The van der Waals surface area contributed by atoms with Gasteiger partial charge in [0.2, 0.25) is 0 Å². The van der Waals surface area contributed by atoms with Gasteiger partial charge in [-0.2, -0.15) is 0 Å². The molecule has 0 saturated carbocycles. The number of benzene rings is 1. The molecule has 5 nitrogen and oxygen atoms in total. The van der Waals surface area contributed by atoms with Crippen LogP contribution in [0.15, 0.2) is 24.3 Å². The van der Waals surface area contributed by atoms with Crippen LogP contribution in [0.2, 0.25) is 0 Å². The zero-order valence-electron chi connectivity index (χ0n) is 10.9. The highest BCUT2D eigenvalue weighted by Crippen LogP contribution is 2.29. The summed E-state index contributed by atoms with van der Waals surface area (Å²) in [5.41, 5.74) is 0. The maximum atomic E-state index is 11.8. The van der Waals surface area contributed by atoms with Crippen LogP contribution >= 0.6 is 0 Å². The lowest BCUT2D eigenvalue weighted by molar-refractivity contribution is -0.156. The summed E-state index contributed by atoms with van der Waals surface area (Å²) >= 11 is 0. The number of hydrogen-bond acceptors (Lipinski definition) is 5. The van der Waals surface area contributed by atoms with E-state index in [1.165, 1.54) is 6.92 Å². The molecule has 0 N–H and O–H groups in total. The molecule has 1 aliphatic rings. The fourth-order valence-electron chi connectivity index (χ4n) is 1.75. The molecule has 0 bridgehead atoms. The normalized spacial score (nSPS) is 23.4. The number of rotatable bonds is 1. The fraction of sp³-hybridized carbons (Fsp3) is 0.429. The van der Waals surface area contributed by atoms with Crippen LogP contribution in [0.1, 0.15) is 20.3 Å². The molecule has 2 rings (SSSR count). The van der Waals surface area contributed by atoms with Crippen molar-refractivity contribution in [2.45, 2.75) is 32.5 Å². The summed E-state index contributed by atoms with van der Waals surface area (Å²) in [6, 6.07) is 6.96. The van der Waals surface area contributed by atoms with Crippen LogP contribution < -0.4 is 9.47 Å². The van der Waals surface area contributed by atoms with Crippen molar-refractivity contribution < 1.29 is 23.8 Å². The van der Waals surface area contributed by atoms with Gasteiger partial charge < -0.3 is 14.2 Å². The van der Waals surface area contributed by atoms with E-state index in [2.05, 4.69) is 0 Å². The third-order valence-electron chi connectivity index (χ3n) is 2.77. The molecule has 19 heavy (non-hydrogen) atoms. The second kappa shape index (κ2) is 5.73. The molecule has 0 aliphatic carbocycles. The second-order valence-electron chi connectivity index (χ2n) is 4.44. The first kappa shape index (κ1) is 13.4. The summed E-state index contributed by atoms with van der Waals surface area (Å²) in [5.74, 6) is -0.158. The first-order chi connectivity index (χ1) is 9.08. The lowest BCUT2D eigenvalue weighted by atomic mass is 10.2. The van der Waals surface area contributed by atoms with Crippen molar-refractivity contribution in [2.24, 2.45) is 0 Å². The van der Waals surface area contributed by atoms with Crippen LogP contribution in [0.25, 0.3) is 0 Å². The number of para-hydroxylation sites is 2. The predicted octanol–water partition coefficient (Wildman–Crippen LogP) is 1.74. The number of ketones is 1. The number of Topliss-reactive ketones (excluding diaryl/α,β-unsaturated/α-hetero) is 1. The van der Waals surface area contributed by atoms with Crippen LogP contribution in [-0.4, -0.2) is 30.6 Å². The molecular weight excluding hydrogens is 248 g/mol. The first-order valence-corrected chi connectivity index (χ1v) is 6.17. The molecular formula is C14H16O5. The summed E-state index contributed by atoms with van der Waals surface area (Å²) in [7, 11) is 0. The Hall–Kier alpha value is -2.04. The van der Waals surface area contributed by atoms with Gasteiger partial charge in [0.1, 0.15) is 0 Å². The Morgan fingerprint density at radius 2 is 1.84 bits per heavy atom. The van der Waals surface area contributed by atoms with Gasteiger partial charge in [0.25, 0.3) is 6.10 Å². The van der Waals surface area contributed by atoms with Crippen LogP contribution in [0.4, 0.5) is 0 Å². The number of carbonyl (C=O) groups is 2. The largest absolute Gasteiger partial charge is 0.487 e. The van der Waals surface area contributed by atoms with Crippen molar-refractivity contribution >= 4 is 11.8 Å². The molecule has 0 saturated heterocycles. The van der Waals surface area contributed by atoms with Crippen LogP contribution in [0.5, 0.6) is 11.5 Å². The molecule has 0 radical (unpaired) electrons. The molecule has 1 aliphatic heterocycles. The van der Waals surface area contributed by atoms with Gasteiger partial charge in [-0.15, -0.1) is 0 Å². The zero-order chi connectivity index (χ0) is 13.8. The molecule has 0 unspecified atom stereocenters. The average molecular weight is 264 g/mol. The van der Waals surface area contributed by atoms with Gasteiger partial charge in [0.05, 0.1) is 12.7 Å². The highest BCUT2D eigenvalue weighted by Gasteiger charge is 2.29. The first-order valence-electron chi connectivity index (χ1n) is 6.17. The Morgan fingerprint density at radius 1 is 1.21 bits per heavy atom. The molecule has 1 aromatic carbocycles. The standard InChI is InChI=1S/C14H16O5/c1-9-7-8-17-14(16)13(10(2)15)19-12-6-4-3-5-11(12)18-9/h3-6,9,13H,7-8H2,1-2H3/t9-,13-/m0/s1. The van der Waals surface area contributed by atoms with Gasteiger partial charge >= 0.3 is 5.97 Å². The van der Waals surface area contributed by atoms with E-state index in [1.807, 2.05) is 13.0 Å². The predicted molar refractivity (Wildman–Crippen MR) is 67.2 cm³/mol. The Labute approximate surface area is 111 Å². The third-order valence-corrected chi connectivity index (χ3v) is 2.77. The van der Waals surface area contributed by atoms with Crippen molar-refractivity contribution in [3.63, 3.8) is 0 Å². The Kier molecular flexibility index (Phi) is 4.04. The lowest BCUT2D eigenvalue weighted by Crippen LogP contribution is -2.37. The summed E-state index contributed by atoms with van der Waals surface area (Å²) < 4.78 is 16.2. The number of esters is 1. The Bertz CT molecular complexity index is 482. The van der Waals surface area contributed by atoms with E-state index < -0.39 is 17.9 Å². The van der Waals surface area contributed by atoms with Gasteiger partial charge in [-0.25, -0.2) is 4.79 Å². The molecule has 0 aromatic heterocycles. The van der Waals surface area contributed by atoms with Crippen LogP contribution in [-0.2, 0) is 14.3 Å². The highest BCUT2D eigenvalue weighted by molar-refractivity contribution is 6.01. The number of hydrogen-bond donors (Lipinski definition) is 0. The smallest absolute Gasteiger partial charge is 0.355 e. The lowest BCUT2D eigenvalue weighted by Gasteiger charge is -2.22. The van der Waals surface area contributed by atoms with E-state index in [9.17, 15) is 9.59 Å². The van der Waals surface area contributed by atoms with Crippen molar-refractivity contribution in [2.75, 3.05) is 6.61 Å². The van der Waals surface area contributed by atoms with Gasteiger partial charge in [0.15, 0.2) is 17.3 Å². The van der Waals surface area contributed by atoms with E-state index in [0.29, 0.717) is 17.9 Å². The molecule has 2 atom stereocenters. The topological polar surface area (TPSA) is 61.8 Å². The minimum Gasteiger partial charge on any atom is -0.487 e. The van der Waals surface area contributed by atoms with E-state index in [4.69, 9.17) is 14.2 Å². The molecule has 1 heterocycles. The third kappa shape index (κ3) is 3.24. The van der Waals surface area contributed by atoms with Crippen LogP contribution in [0.3, 0.4) is 0 Å². The molecule has 1 aromatic rings. The number of carbonyl (C=O) groups excluding carboxylic acids is 2. The van der Waals surface area contributed by atoms with Crippen molar-refractivity contribution in [3.05, 3.63) is 24.3 Å². The fourth-order valence-corrected chi connectivity index (χ4v) is 1.75. The summed E-state index contributed by atoms with van der Waals surface area (Å²) in [6.07, 6.45) is -0.783. The van der Waals surface area contributed by atoms with Gasteiger partial charge in [-0.1, -0.05) is 12.1 Å². The monoisotopic (exact) mass is 264 g/mol. The van der Waals surface area contributed by atoms with Crippen molar-refractivity contribution in [3.8, 4) is 11.5 Å². The molecule has 0 amide bonds. The molecule has 5 heteroatoms. The molecule has 0 fully saturated rings. The summed E-state index contributed by atoms with van der Waals surface area (Å²) in [6.45, 7) is 3.38. The minimum atomic E-state index is -1.24. The Morgan fingerprint density at radius 3 is 2.47 bits per heavy atom. The average Bonchev–Trinajstić information content (AvgIpc) is 2.36. The minimum absolute atomic E-state index is 0.105.